The Morgan fingerprint density at radius 1 is 1.08 bits per heavy atom. The number of hydrogen-bond acceptors (Lipinski definition) is 3. The van der Waals surface area contributed by atoms with E-state index < -0.39 is 16.1 Å². The van der Waals surface area contributed by atoms with Crippen molar-refractivity contribution in [3.05, 3.63) is 70.7 Å². The van der Waals surface area contributed by atoms with Crippen LogP contribution in [-0.4, -0.2) is 31.1 Å². The van der Waals surface area contributed by atoms with Gasteiger partial charge < -0.3 is 0 Å². The van der Waals surface area contributed by atoms with E-state index >= 15 is 0 Å². The van der Waals surface area contributed by atoms with Crippen molar-refractivity contribution in [2.75, 3.05) is 6.54 Å². The van der Waals surface area contributed by atoms with Gasteiger partial charge in [0.2, 0.25) is 10.0 Å². The third kappa shape index (κ3) is 3.69. The van der Waals surface area contributed by atoms with Gasteiger partial charge in [-0.2, -0.15) is 4.31 Å². The van der Waals surface area contributed by atoms with Gasteiger partial charge in [0.1, 0.15) is 0 Å². The second kappa shape index (κ2) is 7.05. The van der Waals surface area contributed by atoms with E-state index in [1.807, 2.05) is 6.07 Å². The minimum absolute atomic E-state index is 0.122. The van der Waals surface area contributed by atoms with E-state index in [0.29, 0.717) is 35.5 Å². The maximum atomic E-state index is 12.8. The lowest BCUT2D eigenvalue weighted by atomic mass is 10.0. The Labute approximate surface area is 147 Å². The van der Waals surface area contributed by atoms with Crippen LogP contribution in [-0.2, 0) is 15.8 Å². The topological polar surface area (TPSA) is 54.5 Å². The largest absolute Gasteiger partial charge is 0.292 e. The summed E-state index contributed by atoms with van der Waals surface area (Å²) in [5, 5.41) is 0.564. The van der Waals surface area contributed by atoms with Crippen LogP contribution in [0.4, 0.5) is 0 Å². The quantitative estimate of drug-likeness (QED) is 0.764. The van der Waals surface area contributed by atoms with Gasteiger partial charge in [0.05, 0.1) is 11.8 Å². The average molecular weight is 364 g/mol. The second-order valence-corrected chi connectivity index (χ2v) is 8.24. The van der Waals surface area contributed by atoms with Gasteiger partial charge in [-0.15, -0.1) is 0 Å². The second-order valence-electron chi connectivity index (χ2n) is 5.88. The summed E-state index contributed by atoms with van der Waals surface area (Å²) in [6.07, 6.45) is 1.26. The van der Waals surface area contributed by atoms with E-state index in [2.05, 4.69) is 0 Å². The highest BCUT2D eigenvalue weighted by molar-refractivity contribution is 7.88. The van der Waals surface area contributed by atoms with E-state index in [4.69, 9.17) is 11.6 Å². The summed E-state index contributed by atoms with van der Waals surface area (Å²) in [6.45, 7) is 0.388. The zero-order valence-corrected chi connectivity index (χ0v) is 14.6. The van der Waals surface area contributed by atoms with Crippen LogP contribution in [0.5, 0.6) is 0 Å². The first kappa shape index (κ1) is 17.1. The molecule has 6 heteroatoms. The molecule has 0 bridgehead atoms. The number of rotatable bonds is 5. The van der Waals surface area contributed by atoms with Gasteiger partial charge in [-0.1, -0.05) is 54.1 Å². The lowest BCUT2D eigenvalue weighted by Crippen LogP contribution is -2.41. The van der Waals surface area contributed by atoms with Crippen molar-refractivity contribution in [3.63, 3.8) is 0 Å². The van der Waals surface area contributed by atoms with Gasteiger partial charge in [-0.25, -0.2) is 8.42 Å². The lowest BCUT2D eigenvalue weighted by Gasteiger charge is -2.23. The number of sulfonamides is 1. The zero-order valence-electron chi connectivity index (χ0n) is 13.1. The first-order valence-corrected chi connectivity index (χ1v) is 9.79. The summed E-state index contributed by atoms with van der Waals surface area (Å²) >= 11 is 5.84. The van der Waals surface area contributed by atoms with Gasteiger partial charge in [-0.05, 0) is 30.5 Å². The summed E-state index contributed by atoms with van der Waals surface area (Å²) in [5.41, 5.74) is 1.22. The Hall–Kier alpha value is -1.69. The third-order valence-electron chi connectivity index (χ3n) is 4.18. The number of ketones is 1. The molecule has 3 rings (SSSR count). The smallest absolute Gasteiger partial charge is 0.218 e. The van der Waals surface area contributed by atoms with Crippen LogP contribution in [0.3, 0.4) is 0 Å². The van der Waals surface area contributed by atoms with Crippen molar-refractivity contribution < 1.29 is 13.2 Å². The summed E-state index contributed by atoms with van der Waals surface area (Å²) < 4.78 is 26.9. The minimum atomic E-state index is -3.56. The highest BCUT2D eigenvalue weighted by Gasteiger charge is 2.38. The number of nitrogens with zero attached hydrogens (tertiary/aromatic N) is 1. The van der Waals surface area contributed by atoms with Crippen molar-refractivity contribution in [2.45, 2.75) is 24.6 Å². The molecule has 1 atom stereocenters. The normalized spacial score (nSPS) is 18.6. The number of carbonyl (C=O) groups is 1. The molecular weight excluding hydrogens is 346 g/mol. The highest BCUT2D eigenvalue weighted by Crippen LogP contribution is 2.26. The predicted octanol–water partition coefficient (Wildman–Crippen LogP) is 3.52. The van der Waals surface area contributed by atoms with Gasteiger partial charge >= 0.3 is 0 Å². The van der Waals surface area contributed by atoms with Crippen molar-refractivity contribution in [1.82, 2.24) is 4.31 Å². The molecule has 1 aliphatic heterocycles. The Morgan fingerprint density at radius 3 is 2.42 bits per heavy atom. The Bertz CT molecular complexity index is 819. The molecule has 0 amide bonds. The number of carbonyl (C=O) groups excluding carboxylic acids is 1. The third-order valence-corrected chi connectivity index (χ3v) is 6.29. The van der Waals surface area contributed by atoms with Crippen molar-refractivity contribution in [3.8, 4) is 0 Å². The molecule has 0 saturated carbocycles. The predicted molar refractivity (Wildman–Crippen MR) is 94.6 cm³/mol. The molecule has 2 aromatic carbocycles. The SMILES string of the molecule is O=C(c1ccccc1)C1CCCN1S(=O)(=O)Cc1ccc(Cl)cc1. The van der Waals surface area contributed by atoms with E-state index in [1.54, 1.807) is 48.5 Å². The molecule has 1 heterocycles. The molecule has 0 aromatic heterocycles. The standard InChI is InChI=1S/C18H18ClNO3S/c19-16-10-8-14(9-11-16)13-24(22,23)20-12-4-7-17(20)18(21)15-5-2-1-3-6-15/h1-3,5-6,8-11,17H,4,7,12-13H2. The fraction of sp³-hybridized carbons (Fsp3) is 0.278. The molecule has 0 aliphatic carbocycles. The van der Waals surface area contributed by atoms with Crippen LogP contribution >= 0.6 is 11.6 Å². The number of Topliss-reactive ketones (excluding diaryl/α,β-unsaturated/α-hetero) is 1. The van der Waals surface area contributed by atoms with Crippen LogP contribution in [0.25, 0.3) is 0 Å². The number of benzene rings is 2. The molecule has 2 aromatic rings. The van der Waals surface area contributed by atoms with E-state index in [1.165, 1.54) is 4.31 Å². The summed E-state index contributed by atoms with van der Waals surface area (Å²) in [6, 6.07) is 15.0. The van der Waals surface area contributed by atoms with E-state index in [9.17, 15) is 13.2 Å². The summed E-state index contributed by atoms with van der Waals surface area (Å²) in [5.74, 6) is -0.254. The van der Waals surface area contributed by atoms with Gasteiger partial charge in [0.25, 0.3) is 0 Å². The Balaban J connectivity index is 1.81. The number of hydrogen-bond donors (Lipinski definition) is 0. The summed E-state index contributed by atoms with van der Waals surface area (Å²) in [4.78, 5) is 12.7. The molecule has 1 unspecified atom stereocenters. The van der Waals surface area contributed by atoms with Crippen LogP contribution in [0, 0.1) is 0 Å². The molecule has 24 heavy (non-hydrogen) atoms. The van der Waals surface area contributed by atoms with E-state index in [0.717, 1.165) is 0 Å². The highest BCUT2D eigenvalue weighted by atomic mass is 35.5. The van der Waals surface area contributed by atoms with E-state index in [-0.39, 0.29) is 11.5 Å². The molecule has 0 spiro atoms. The van der Waals surface area contributed by atoms with Crippen molar-refractivity contribution in [1.29, 1.82) is 0 Å². The monoisotopic (exact) mass is 363 g/mol. The molecule has 1 saturated heterocycles. The first-order valence-electron chi connectivity index (χ1n) is 7.80. The van der Waals surface area contributed by atoms with Crippen LogP contribution in [0.1, 0.15) is 28.8 Å². The lowest BCUT2D eigenvalue weighted by molar-refractivity contribution is 0.0918. The minimum Gasteiger partial charge on any atom is -0.292 e. The molecule has 4 nitrogen and oxygen atoms in total. The van der Waals surface area contributed by atoms with Crippen molar-refractivity contribution in [2.24, 2.45) is 0 Å². The molecule has 126 valence electrons. The molecule has 1 aliphatic rings. The number of halogens is 1. The molecule has 0 radical (unpaired) electrons. The molecular formula is C18H18ClNO3S. The molecule has 1 fully saturated rings. The Morgan fingerprint density at radius 2 is 1.75 bits per heavy atom. The summed E-state index contributed by atoms with van der Waals surface area (Å²) in [7, 11) is -3.56. The first-order chi connectivity index (χ1) is 11.5. The van der Waals surface area contributed by atoms with Gasteiger partial charge in [-0.3, -0.25) is 4.79 Å². The van der Waals surface area contributed by atoms with Gasteiger partial charge in [0.15, 0.2) is 5.78 Å². The Kier molecular flexibility index (Phi) is 5.04. The zero-order chi connectivity index (χ0) is 17.2. The molecule has 0 N–H and O–H groups in total. The maximum absolute atomic E-state index is 12.8. The van der Waals surface area contributed by atoms with Crippen molar-refractivity contribution >= 4 is 27.4 Å². The van der Waals surface area contributed by atoms with Gasteiger partial charge in [0, 0.05) is 17.1 Å². The van der Waals surface area contributed by atoms with Crippen LogP contribution in [0.2, 0.25) is 5.02 Å². The van der Waals surface area contributed by atoms with Crippen LogP contribution in [0.15, 0.2) is 54.6 Å². The fourth-order valence-corrected chi connectivity index (χ4v) is 4.91. The van der Waals surface area contributed by atoms with Crippen LogP contribution < -0.4 is 0 Å². The average Bonchev–Trinajstić information content (AvgIpc) is 3.07. The fourth-order valence-electron chi connectivity index (χ4n) is 3.00. The maximum Gasteiger partial charge on any atom is 0.218 e.